The Morgan fingerprint density at radius 1 is 1.07 bits per heavy atom. The fourth-order valence-corrected chi connectivity index (χ4v) is 2.12. The van der Waals surface area contributed by atoms with Crippen molar-refractivity contribution in [1.82, 2.24) is 5.32 Å². The van der Waals surface area contributed by atoms with Crippen LogP contribution >= 0.6 is 0 Å². The van der Waals surface area contributed by atoms with E-state index in [4.69, 9.17) is 29.0 Å². The molecule has 0 unspecified atom stereocenters. The Kier molecular flexibility index (Phi) is 10.3. The topological polar surface area (TPSA) is 109 Å². The van der Waals surface area contributed by atoms with Gasteiger partial charge in [0, 0.05) is 0 Å². The number of hydrogen-bond donors (Lipinski definition) is 3. The van der Waals surface area contributed by atoms with E-state index in [1.807, 2.05) is 12.1 Å². The predicted octanol–water partition coefficient (Wildman–Crippen LogP) is 3.51. The lowest BCUT2D eigenvalue weighted by Gasteiger charge is -2.09. The monoisotopic (exact) mass is 377 g/mol. The third-order valence-electron chi connectivity index (χ3n) is 3.63. The molecule has 148 valence electrons. The van der Waals surface area contributed by atoms with Crippen molar-refractivity contribution in [2.24, 2.45) is 0 Å². The van der Waals surface area contributed by atoms with Gasteiger partial charge >= 0.3 is 11.9 Å². The van der Waals surface area contributed by atoms with E-state index in [1.165, 1.54) is 5.56 Å². The van der Waals surface area contributed by atoms with Crippen molar-refractivity contribution in [3.05, 3.63) is 54.0 Å². The van der Waals surface area contributed by atoms with Gasteiger partial charge < -0.3 is 24.7 Å². The van der Waals surface area contributed by atoms with Gasteiger partial charge in [-0.2, -0.15) is 0 Å². The molecule has 0 saturated heterocycles. The summed E-state index contributed by atoms with van der Waals surface area (Å²) in [5.41, 5.74) is 1.35. The van der Waals surface area contributed by atoms with E-state index in [2.05, 4.69) is 43.4 Å². The molecule has 3 N–H and O–H groups in total. The number of aliphatic carboxylic acids is 2. The molecular weight excluding hydrogens is 350 g/mol. The lowest BCUT2D eigenvalue weighted by atomic mass is 10.0. The molecule has 0 aliphatic carbocycles. The van der Waals surface area contributed by atoms with Crippen LogP contribution in [0.5, 0.6) is 5.75 Å². The summed E-state index contributed by atoms with van der Waals surface area (Å²) in [6.45, 7) is 6.95. The fraction of sp³-hybridized carbons (Fsp3) is 0.400. The molecule has 1 aromatic carbocycles. The van der Waals surface area contributed by atoms with Crippen molar-refractivity contribution >= 4 is 11.9 Å². The summed E-state index contributed by atoms with van der Waals surface area (Å²) in [7, 11) is 0. The van der Waals surface area contributed by atoms with E-state index in [0.29, 0.717) is 5.92 Å². The molecule has 1 heterocycles. The minimum atomic E-state index is -1.82. The van der Waals surface area contributed by atoms with Crippen LogP contribution < -0.4 is 10.1 Å². The number of furan rings is 1. The van der Waals surface area contributed by atoms with E-state index in [1.54, 1.807) is 6.26 Å². The van der Waals surface area contributed by atoms with Gasteiger partial charge in [-0.15, -0.1) is 0 Å². The van der Waals surface area contributed by atoms with Crippen molar-refractivity contribution in [2.45, 2.75) is 39.2 Å². The largest absolute Gasteiger partial charge is 0.494 e. The number of carboxylic acid groups (broad SMARTS) is 2. The summed E-state index contributed by atoms with van der Waals surface area (Å²) in [4.78, 5) is 18.2. The normalized spacial score (nSPS) is 10.2. The zero-order chi connectivity index (χ0) is 20.1. The highest BCUT2D eigenvalue weighted by Crippen LogP contribution is 2.18. The van der Waals surface area contributed by atoms with E-state index in [-0.39, 0.29) is 0 Å². The molecule has 2 rings (SSSR count). The first-order chi connectivity index (χ1) is 12.9. The van der Waals surface area contributed by atoms with Crippen LogP contribution in [0.4, 0.5) is 0 Å². The Hall–Kier alpha value is -2.80. The maximum Gasteiger partial charge on any atom is 0.414 e. The summed E-state index contributed by atoms with van der Waals surface area (Å²) >= 11 is 0. The number of benzene rings is 1. The van der Waals surface area contributed by atoms with Crippen LogP contribution in [-0.2, 0) is 16.1 Å². The van der Waals surface area contributed by atoms with E-state index in [0.717, 1.165) is 44.0 Å². The maximum atomic E-state index is 9.10. The molecule has 2 aromatic rings. The van der Waals surface area contributed by atoms with Crippen molar-refractivity contribution in [2.75, 3.05) is 13.2 Å². The zero-order valence-corrected chi connectivity index (χ0v) is 15.7. The SMILES string of the molecule is CC(C)c1ccc(OCCCCNCc2ccco2)cc1.O=C(O)C(=O)O. The molecule has 27 heavy (non-hydrogen) atoms. The van der Waals surface area contributed by atoms with Gasteiger partial charge in [0.15, 0.2) is 0 Å². The quantitative estimate of drug-likeness (QED) is 0.453. The van der Waals surface area contributed by atoms with Crippen LogP contribution in [0.2, 0.25) is 0 Å². The molecular formula is C20H27NO6. The third kappa shape index (κ3) is 10.1. The second-order valence-corrected chi connectivity index (χ2v) is 6.15. The summed E-state index contributed by atoms with van der Waals surface area (Å²) in [6.07, 6.45) is 3.86. The Bertz CT molecular complexity index is 652. The standard InChI is InChI=1S/C18H25NO2.C2H2O4/c1-15(2)16-7-9-17(10-8-16)20-12-4-3-11-19-14-18-6-5-13-21-18;3-1(4)2(5)6/h5-10,13,15,19H,3-4,11-12,14H2,1-2H3;(H,3,4)(H,5,6). The Balaban J connectivity index is 0.000000527. The Labute approximate surface area is 159 Å². The highest BCUT2D eigenvalue weighted by atomic mass is 16.5. The smallest absolute Gasteiger partial charge is 0.414 e. The van der Waals surface area contributed by atoms with Gasteiger partial charge in [-0.25, -0.2) is 9.59 Å². The van der Waals surface area contributed by atoms with Crippen LogP contribution in [0.25, 0.3) is 0 Å². The molecule has 1 aromatic heterocycles. The average molecular weight is 377 g/mol. The summed E-state index contributed by atoms with van der Waals surface area (Å²) in [6, 6.07) is 12.3. The molecule has 0 aliphatic heterocycles. The second kappa shape index (κ2) is 12.5. The van der Waals surface area contributed by atoms with Gasteiger partial charge in [0.05, 0.1) is 19.4 Å². The van der Waals surface area contributed by atoms with Crippen molar-refractivity contribution in [3.63, 3.8) is 0 Å². The first-order valence-corrected chi connectivity index (χ1v) is 8.82. The summed E-state index contributed by atoms with van der Waals surface area (Å²) in [5, 5.41) is 18.1. The van der Waals surface area contributed by atoms with Gasteiger partial charge in [-0.3, -0.25) is 0 Å². The Morgan fingerprint density at radius 2 is 1.74 bits per heavy atom. The summed E-state index contributed by atoms with van der Waals surface area (Å²) < 4.78 is 11.0. The number of carboxylic acids is 2. The highest BCUT2D eigenvalue weighted by Gasteiger charge is 2.04. The van der Waals surface area contributed by atoms with E-state index >= 15 is 0 Å². The lowest BCUT2D eigenvalue weighted by molar-refractivity contribution is -0.159. The molecule has 7 heteroatoms. The molecule has 0 spiro atoms. The molecule has 0 atom stereocenters. The molecule has 0 bridgehead atoms. The predicted molar refractivity (Wildman–Crippen MR) is 101 cm³/mol. The molecule has 0 aliphatic rings. The van der Waals surface area contributed by atoms with E-state index in [9.17, 15) is 0 Å². The summed E-state index contributed by atoms with van der Waals surface area (Å²) in [5.74, 6) is -1.14. The number of unbranched alkanes of at least 4 members (excludes halogenated alkanes) is 1. The van der Waals surface area contributed by atoms with Crippen LogP contribution in [0.3, 0.4) is 0 Å². The van der Waals surface area contributed by atoms with Gasteiger partial charge in [0.2, 0.25) is 0 Å². The number of hydrogen-bond acceptors (Lipinski definition) is 5. The van der Waals surface area contributed by atoms with Crippen LogP contribution in [0.15, 0.2) is 47.1 Å². The van der Waals surface area contributed by atoms with Crippen molar-refractivity contribution < 1.29 is 29.0 Å². The number of nitrogens with one attached hydrogen (secondary N) is 1. The minimum absolute atomic E-state index is 0.569. The van der Waals surface area contributed by atoms with Gasteiger partial charge in [-0.05, 0) is 55.1 Å². The first-order valence-electron chi connectivity index (χ1n) is 8.82. The fourth-order valence-electron chi connectivity index (χ4n) is 2.12. The number of rotatable bonds is 9. The van der Waals surface area contributed by atoms with Crippen LogP contribution in [0.1, 0.15) is 43.9 Å². The van der Waals surface area contributed by atoms with Crippen molar-refractivity contribution in [1.29, 1.82) is 0 Å². The van der Waals surface area contributed by atoms with Crippen LogP contribution in [-0.4, -0.2) is 35.3 Å². The highest BCUT2D eigenvalue weighted by molar-refractivity contribution is 6.27. The zero-order valence-electron chi connectivity index (χ0n) is 15.7. The van der Waals surface area contributed by atoms with Gasteiger partial charge in [0.25, 0.3) is 0 Å². The molecule has 0 amide bonds. The second-order valence-electron chi connectivity index (χ2n) is 6.15. The minimum Gasteiger partial charge on any atom is -0.494 e. The van der Waals surface area contributed by atoms with Crippen LogP contribution in [0, 0.1) is 0 Å². The van der Waals surface area contributed by atoms with Crippen molar-refractivity contribution in [3.8, 4) is 5.75 Å². The first kappa shape index (κ1) is 22.2. The van der Waals surface area contributed by atoms with E-state index < -0.39 is 11.9 Å². The molecule has 0 fully saturated rings. The third-order valence-corrected chi connectivity index (χ3v) is 3.63. The molecule has 0 radical (unpaired) electrons. The number of ether oxygens (including phenoxy) is 1. The average Bonchev–Trinajstić information content (AvgIpc) is 3.15. The molecule has 7 nitrogen and oxygen atoms in total. The number of carbonyl (C=O) groups is 2. The maximum absolute atomic E-state index is 9.10. The Morgan fingerprint density at radius 3 is 2.26 bits per heavy atom. The van der Waals surface area contributed by atoms with Gasteiger partial charge in [0.1, 0.15) is 11.5 Å². The van der Waals surface area contributed by atoms with Gasteiger partial charge in [-0.1, -0.05) is 26.0 Å². The lowest BCUT2D eigenvalue weighted by Crippen LogP contribution is -2.15. The molecule has 0 saturated carbocycles.